The Morgan fingerprint density at radius 1 is 0.926 bits per heavy atom. The first-order valence-electron chi connectivity index (χ1n) is 9.06. The summed E-state index contributed by atoms with van der Waals surface area (Å²) in [5.74, 6) is 0. The number of nitrogens with zero attached hydrogens (tertiary/aromatic N) is 1. The molecule has 27 heavy (non-hydrogen) atoms. The fraction of sp³-hybridized carbons (Fsp3) is 0.136. The Balaban J connectivity index is 1.62. The van der Waals surface area contributed by atoms with Gasteiger partial charge in [-0.05, 0) is 12.1 Å². The molecule has 1 aliphatic rings. The lowest BCUT2D eigenvalue weighted by atomic mass is 9.98. The SMILES string of the molecule is [O-][NH+](O)c1ccc(C[NH+]2N=C(c3ccccc3)C[C@H]2c2ccccc2)cc1. The molecule has 3 aromatic rings. The molecule has 0 radical (unpaired) electrons. The highest BCUT2D eigenvalue weighted by atomic mass is 16.8. The molecule has 5 nitrogen and oxygen atoms in total. The first-order valence-corrected chi connectivity index (χ1v) is 9.06. The molecule has 2 unspecified atom stereocenters. The van der Waals surface area contributed by atoms with E-state index in [4.69, 9.17) is 10.3 Å². The van der Waals surface area contributed by atoms with Crippen molar-refractivity contribution in [3.8, 4) is 0 Å². The second kappa shape index (κ2) is 7.82. The van der Waals surface area contributed by atoms with Gasteiger partial charge in [-0.1, -0.05) is 65.8 Å². The van der Waals surface area contributed by atoms with Gasteiger partial charge in [0.25, 0.3) is 0 Å². The summed E-state index contributed by atoms with van der Waals surface area (Å²) in [5.41, 5.74) is 4.93. The van der Waals surface area contributed by atoms with Crippen LogP contribution in [0.3, 0.4) is 0 Å². The Kier molecular flexibility index (Phi) is 5.09. The standard InChI is InChI=1S/C22H21N3O2/c26-25(27)20-13-11-17(12-14-20)16-24-22(19-9-5-2-6-10-19)15-21(23-24)18-7-3-1-4-8-18/h1-14,22,25-26H,15-16H2/p+1/t22-/m0/s1. The second-order valence-electron chi connectivity index (χ2n) is 6.76. The van der Waals surface area contributed by atoms with Crippen LogP contribution in [-0.2, 0) is 6.54 Å². The predicted octanol–water partition coefficient (Wildman–Crippen LogP) is 2.02. The van der Waals surface area contributed by atoms with E-state index in [1.54, 1.807) is 12.1 Å². The highest BCUT2D eigenvalue weighted by Crippen LogP contribution is 2.21. The van der Waals surface area contributed by atoms with Crippen molar-refractivity contribution in [2.24, 2.45) is 5.10 Å². The largest absolute Gasteiger partial charge is 0.595 e. The van der Waals surface area contributed by atoms with E-state index in [1.807, 2.05) is 36.4 Å². The van der Waals surface area contributed by atoms with Gasteiger partial charge >= 0.3 is 0 Å². The average Bonchev–Trinajstić information content (AvgIpc) is 3.13. The average molecular weight is 360 g/mol. The van der Waals surface area contributed by atoms with E-state index in [0.29, 0.717) is 5.69 Å². The van der Waals surface area contributed by atoms with Crippen molar-refractivity contribution >= 4 is 11.4 Å². The zero-order valence-corrected chi connectivity index (χ0v) is 14.9. The van der Waals surface area contributed by atoms with Crippen LogP contribution in [0, 0.1) is 5.21 Å². The predicted molar refractivity (Wildman–Crippen MR) is 104 cm³/mol. The van der Waals surface area contributed by atoms with Gasteiger partial charge in [-0.2, -0.15) is 10.2 Å². The third-order valence-corrected chi connectivity index (χ3v) is 4.97. The lowest BCUT2D eigenvalue weighted by Gasteiger charge is -2.18. The maximum absolute atomic E-state index is 11.1. The van der Waals surface area contributed by atoms with E-state index < -0.39 is 5.23 Å². The van der Waals surface area contributed by atoms with Crippen LogP contribution < -0.4 is 10.2 Å². The van der Waals surface area contributed by atoms with E-state index >= 15 is 0 Å². The topological polar surface area (TPSA) is 64.5 Å². The van der Waals surface area contributed by atoms with Crippen LogP contribution in [-0.4, -0.2) is 10.9 Å². The Labute approximate surface area is 158 Å². The van der Waals surface area contributed by atoms with Crippen molar-refractivity contribution in [1.82, 2.24) is 0 Å². The molecule has 3 N–H and O–H groups in total. The molecule has 0 aromatic heterocycles. The summed E-state index contributed by atoms with van der Waals surface area (Å²) < 4.78 is 0. The van der Waals surface area contributed by atoms with Gasteiger partial charge in [0, 0.05) is 28.8 Å². The normalized spacial score (nSPS) is 20.3. The van der Waals surface area contributed by atoms with Crippen LogP contribution in [0.1, 0.15) is 29.2 Å². The van der Waals surface area contributed by atoms with Gasteiger partial charge in [-0.15, -0.1) is 0 Å². The van der Waals surface area contributed by atoms with E-state index in [0.717, 1.165) is 34.8 Å². The highest BCUT2D eigenvalue weighted by molar-refractivity contribution is 6.01. The minimum absolute atomic E-state index is 0.251. The summed E-state index contributed by atoms with van der Waals surface area (Å²) in [6, 6.07) is 28.1. The second-order valence-corrected chi connectivity index (χ2v) is 6.76. The lowest BCUT2D eigenvalue weighted by molar-refractivity contribution is -0.991. The van der Waals surface area contributed by atoms with E-state index in [1.165, 1.54) is 5.56 Å². The van der Waals surface area contributed by atoms with Crippen molar-refractivity contribution in [3.63, 3.8) is 0 Å². The van der Waals surface area contributed by atoms with Gasteiger partial charge in [0.05, 0.1) is 6.42 Å². The minimum Gasteiger partial charge on any atom is -0.595 e. The maximum Gasteiger partial charge on any atom is 0.163 e. The van der Waals surface area contributed by atoms with Gasteiger partial charge in [0.1, 0.15) is 18.3 Å². The van der Waals surface area contributed by atoms with Gasteiger partial charge in [0.2, 0.25) is 0 Å². The molecule has 1 heterocycles. The quantitative estimate of drug-likeness (QED) is 0.610. The van der Waals surface area contributed by atoms with Crippen molar-refractivity contribution in [2.45, 2.75) is 19.0 Å². The number of hydrogen-bond donors (Lipinski definition) is 3. The number of rotatable bonds is 5. The van der Waals surface area contributed by atoms with Crippen molar-refractivity contribution in [2.75, 3.05) is 0 Å². The Morgan fingerprint density at radius 3 is 2.19 bits per heavy atom. The summed E-state index contributed by atoms with van der Waals surface area (Å²) in [6.07, 6.45) is 0.885. The molecule has 0 spiro atoms. The first-order chi connectivity index (χ1) is 13.2. The minimum atomic E-state index is -0.901. The molecule has 4 rings (SSSR count). The maximum atomic E-state index is 11.1. The summed E-state index contributed by atoms with van der Waals surface area (Å²) in [6.45, 7) is 0.718. The van der Waals surface area contributed by atoms with Crippen LogP contribution in [0.15, 0.2) is 90.0 Å². The zero-order chi connectivity index (χ0) is 18.6. The van der Waals surface area contributed by atoms with Crippen LogP contribution in [0.5, 0.6) is 0 Å². The third-order valence-electron chi connectivity index (χ3n) is 4.97. The van der Waals surface area contributed by atoms with Crippen LogP contribution >= 0.6 is 0 Å². The van der Waals surface area contributed by atoms with Crippen LogP contribution in [0.2, 0.25) is 0 Å². The number of hydrogen-bond acceptors (Lipinski definition) is 3. The Morgan fingerprint density at radius 2 is 1.56 bits per heavy atom. The monoisotopic (exact) mass is 360 g/mol. The van der Waals surface area contributed by atoms with Gasteiger partial charge in [0.15, 0.2) is 5.69 Å². The smallest absolute Gasteiger partial charge is 0.163 e. The van der Waals surface area contributed by atoms with Crippen LogP contribution in [0.25, 0.3) is 0 Å². The van der Waals surface area contributed by atoms with E-state index in [9.17, 15) is 5.21 Å². The zero-order valence-electron chi connectivity index (χ0n) is 14.9. The molecule has 0 aliphatic carbocycles. The third kappa shape index (κ3) is 3.97. The summed E-state index contributed by atoms with van der Waals surface area (Å²) in [4.78, 5) is 0. The van der Waals surface area contributed by atoms with Gasteiger partial charge < -0.3 is 5.21 Å². The highest BCUT2D eigenvalue weighted by Gasteiger charge is 2.33. The summed E-state index contributed by atoms with van der Waals surface area (Å²) in [7, 11) is 0. The number of nitrogens with one attached hydrogen (secondary N) is 2. The Hall–Kier alpha value is -2.83. The molecule has 0 saturated carbocycles. The molecular formula is C22H22N3O2+. The summed E-state index contributed by atoms with van der Waals surface area (Å²) in [5, 5.41) is 25.4. The van der Waals surface area contributed by atoms with Crippen LogP contribution in [0.4, 0.5) is 5.69 Å². The molecule has 3 atom stereocenters. The summed E-state index contributed by atoms with van der Waals surface area (Å²) >= 11 is 0. The molecular weight excluding hydrogens is 338 g/mol. The number of quaternary nitrogens is 2. The molecule has 5 heteroatoms. The fourth-order valence-electron chi connectivity index (χ4n) is 3.55. The molecule has 1 aliphatic heterocycles. The van der Waals surface area contributed by atoms with Crippen molar-refractivity contribution < 1.29 is 15.4 Å². The molecule has 0 amide bonds. The Bertz CT molecular complexity index is 909. The van der Waals surface area contributed by atoms with E-state index in [-0.39, 0.29) is 6.04 Å². The van der Waals surface area contributed by atoms with E-state index in [2.05, 4.69) is 36.4 Å². The fourth-order valence-corrected chi connectivity index (χ4v) is 3.55. The van der Waals surface area contributed by atoms with Gasteiger partial charge in [-0.3, -0.25) is 0 Å². The van der Waals surface area contributed by atoms with Crippen molar-refractivity contribution in [3.05, 3.63) is 107 Å². The first kappa shape index (κ1) is 17.6. The lowest BCUT2D eigenvalue weighted by Crippen LogP contribution is -3.05. The molecule has 0 bridgehead atoms. The molecule has 3 aromatic carbocycles. The molecule has 0 fully saturated rings. The van der Waals surface area contributed by atoms with Gasteiger partial charge in [-0.25, -0.2) is 5.21 Å². The molecule has 0 saturated heterocycles. The number of benzene rings is 3. The molecule has 136 valence electrons. The van der Waals surface area contributed by atoms with Crippen molar-refractivity contribution in [1.29, 1.82) is 0 Å².